The molecule has 0 atom stereocenters. The molecule has 0 unspecified atom stereocenters. The normalized spacial score (nSPS) is 16.6. The number of aromatic nitrogens is 2. The van der Waals surface area contributed by atoms with E-state index in [4.69, 9.17) is 9.72 Å². The molecule has 21 heavy (non-hydrogen) atoms. The average Bonchev–Trinajstić information content (AvgIpc) is 3.11. The van der Waals surface area contributed by atoms with Crippen LogP contribution in [-0.4, -0.2) is 40.6 Å². The summed E-state index contributed by atoms with van der Waals surface area (Å²) in [6.45, 7) is 4.67. The summed E-state index contributed by atoms with van der Waals surface area (Å²) >= 11 is 1.71. The molecule has 1 aromatic carbocycles. The summed E-state index contributed by atoms with van der Waals surface area (Å²) in [4.78, 5) is 8.24. The van der Waals surface area contributed by atoms with Crippen molar-refractivity contribution < 1.29 is 4.74 Å². The molecule has 0 radical (unpaired) electrons. The summed E-state index contributed by atoms with van der Waals surface area (Å²) in [6, 6.07) is 10.3. The van der Waals surface area contributed by atoms with Crippen LogP contribution in [0.1, 0.15) is 5.69 Å². The first-order valence-corrected chi connectivity index (χ1v) is 8.09. The summed E-state index contributed by atoms with van der Waals surface area (Å²) in [5.74, 6) is 0. The van der Waals surface area contributed by atoms with Gasteiger partial charge in [-0.1, -0.05) is 30.3 Å². The molecule has 5 heteroatoms. The molecule has 108 valence electrons. The SMILES string of the molecule is c1ccc(-c2cn3c(CN4CCOCC4)csc3n2)cc1. The van der Waals surface area contributed by atoms with Gasteiger partial charge in [0.15, 0.2) is 4.96 Å². The fourth-order valence-electron chi connectivity index (χ4n) is 2.68. The summed E-state index contributed by atoms with van der Waals surface area (Å²) in [7, 11) is 0. The Morgan fingerprint density at radius 2 is 1.95 bits per heavy atom. The Morgan fingerprint density at radius 3 is 2.76 bits per heavy atom. The maximum atomic E-state index is 5.41. The molecule has 1 fully saturated rings. The van der Waals surface area contributed by atoms with Crippen molar-refractivity contribution in [2.75, 3.05) is 26.3 Å². The zero-order valence-electron chi connectivity index (χ0n) is 11.7. The molecule has 0 N–H and O–H groups in total. The van der Waals surface area contributed by atoms with Gasteiger partial charge in [0.2, 0.25) is 0 Å². The Balaban J connectivity index is 1.63. The van der Waals surface area contributed by atoms with E-state index in [-0.39, 0.29) is 0 Å². The highest BCUT2D eigenvalue weighted by Crippen LogP contribution is 2.24. The fourth-order valence-corrected chi connectivity index (χ4v) is 3.54. The van der Waals surface area contributed by atoms with Crippen molar-refractivity contribution in [2.45, 2.75) is 6.54 Å². The van der Waals surface area contributed by atoms with Crippen LogP contribution in [0.3, 0.4) is 0 Å². The Bertz CT molecular complexity index is 728. The molecule has 1 saturated heterocycles. The third-order valence-electron chi connectivity index (χ3n) is 3.84. The van der Waals surface area contributed by atoms with Crippen LogP contribution in [0.4, 0.5) is 0 Å². The third kappa shape index (κ3) is 2.60. The van der Waals surface area contributed by atoms with Gasteiger partial charge in [0.05, 0.1) is 18.9 Å². The molecule has 2 aromatic heterocycles. The van der Waals surface area contributed by atoms with Gasteiger partial charge in [-0.3, -0.25) is 9.30 Å². The van der Waals surface area contributed by atoms with Crippen molar-refractivity contribution in [3.8, 4) is 11.3 Å². The van der Waals surface area contributed by atoms with E-state index in [1.807, 2.05) is 6.07 Å². The van der Waals surface area contributed by atoms with Gasteiger partial charge in [-0.05, 0) is 0 Å². The third-order valence-corrected chi connectivity index (χ3v) is 4.73. The van der Waals surface area contributed by atoms with Crippen LogP contribution >= 0.6 is 11.3 Å². The Morgan fingerprint density at radius 1 is 1.14 bits per heavy atom. The number of thiazole rings is 1. The van der Waals surface area contributed by atoms with E-state index < -0.39 is 0 Å². The quantitative estimate of drug-likeness (QED) is 0.745. The molecule has 4 nitrogen and oxygen atoms in total. The smallest absolute Gasteiger partial charge is 0.194 e. The minimum atomic E-state index is 0.840. The molecule has 4 rings (SSSR count). The second kappa shape index (κ2) is 5.60. The lowest BCUT2D eigenvalue weighted by Crippen LogP contribution is -2.35. The van der Waals surface area contributed by atoms with Crippen molar-refractivity contribution in [1.82, 2.24) is 14.3 Å². The fraction of sp³-hybridized carbons (Fsp3) is 0.312. The largest absolute Gasteiger partial charge is 0.379 e. The first-order valence-electron chi connectivity index (χ1n) is 7.21. The van der Waals surface area contributed by atoms with Gasteiger partial charge in [0.25, 0.3) is 0 Å². The number of morpholine rings is 1. The highest BCUT2D eigenvalue weighted by molar-refractivity contribution is 7.15. The number of nitrogens with zero attached hydrogens (tertiary/aromatic N) is 3. The maximum Gasteiger partial charge on any atom is 0.194 e. The maximum absolute atomic E-state index is 5.41. The molecule has 0 saturated carbocycles. The summed E-state index contributed by atoms with van der Waals surface area (Å²) in [6.07, 6.45) is 2.15. The molecule has 3 heterocycles. The van der Waals surface area contributed by atoms with Gasteiger partial charge in [-0.15, -0.1) is 11.3 Å². The zero-order chi connectivity index (χ0) is 14.1. The van der Waals surface area contributed by atoms with Crippen LogP contribution in [0.5, 0.6) is 0 Å². The lowest BCUT2D eigenvalue weighted by atomic mass is 10.2. The minimum absolute atomic E-state index is 0.840. The molecule has 0 amide bonds. The Hall–Kier alpha value is -1.69. The lowest BCUT2D eigenvalue weighted by Gasteiger charge is -2.26. The van der Waals surface area contributed by atoms with E-state index in [1.54, 1.807) is 11.3 Å². The van der Waals surface area contributed by atoms with E-state index >= 15 is 0 Å². The van der Waals surface area contributed by atoms with Gasteiger partial charge in [-0.2, -0.15) is 0 Å². The summed E-state index contributed by atoms with van der Waals surface area (Å²) < 4.78 is 7.63. The van der Waals surface area contributed by atoms with Crippen LogP contribution in [0.2, 0.25) is 0 Å². The van der Waals surface area contributed by atoms with Gasteiger partial charge >= 0.3 is 0 Å². The Labute approximate surface area is 127 Å². The van der Waals surface area contributed by atoms with E-state index in [2.05, 4.69) is 45.1 Å². The standard InChI is InChI=1S/C16H17N3OS/c1-2-4-13(5-3-1)15-11-19-14(12-21-16(19)17-15)10-18-6-8-20-9-7-18/h1-5,11-12H,6-10H2. The van der Waals surface area contributed by atoms with Crippen molar-refractivity contribution >= 4 is 16.3 Å². The zero-order valence-corrected chi connectivity index (χ0v) is 12.6. The van der Waals surface area contributed by atoms with Gasteiger partial charge in [0, 0.05) is 42.5 Å². The van der Waals surface area contributed by atoms with Gasteiger partial charge < -0.3 is 4.74 Å². The summed E-state index contributed by atoms with van der Waals surface area (Å²) in [5.41, 5.74) is 3.53. The van der Waals surface area contributed by atoms with Crippen LogP contribution in [0, 0.1) is 0 Å². The second-order valence-corrected chi connectivity index (χ2v) is 6.10. The van der Waals surface area contributed by atoms with Crippen molar-refractivity contribution in [3.05, 3.63) is 47.6 Å². The molecule has 1 aliphatic rings. The van der Waals surface area contributed by atoms with Crippen LogP contribution < -0.4 is 0 Å². The van der Waals surface area contributed by atoms with E-state index in [1.165, 1.54) is 11.3 Å². The number of rotatable bonds is 3. The van der Waals surface area contributed by atoms with Crippen LogP contribution in [0.15, 0.2) is 41.9 Å². The number of hydrogen-bond donors (Lipinski definition) is 0. The Kier molecular flexibility index (Phi) is 3.47. The van der Waals surface area contributed by atoms with Crippen LogP contribution in [-0.2, 0) is 11.3 Å². The van der Waals surface area contributed by atoms with E-state index in [0.29, 0.717) is 0 Å². The molecule has 1 aliphatic heterocycles. The van der Waals surface area contributed by atoms with E-state index in [0.717, 1.165) is 43.5 Å². The predicted octanol–water partition coefficient (Wildman–Crippen LogP) is 2.90. The number of benzene rings is 1. The second-order valence-electron chi connectivity index (χ2n) is 5.26. The molecular weight excluding hydrogens is 282 g/mol. The minimum Gasteiger partial charge on any atom is -0.379 e. The van der Waals surface area contributed by atoms with E-state index in [9.17, 15) is 0 Å². The van der Waals surface area contributed by atoms with Crippen molar-refractivity contribution in [3.63, 3.8) is 0 Å². The number of imidazole rings is 1. The lowest BCUT2D eigenvalue weighted by molar-refractivity contribution is 0.0336. The van der Waals surface area contributed by atoms with Gasteiger partial charge in [0.1, 0.15) is 0 Å². The molecule has 0 aliphatic carbocycles. The van der Waals surface area contributed by atoms with Gasteiger partial charge in [-0.25, -0.2) is 4.98 Å². The number of ether oxygens (including phenoxy) is 1. The monoisotopic (exact) mass is 299 g/mol. The number of hydrogen-bond acceptors (Lipinski definition) is 4. The first-order chi connectivity index (χ1) is 10.4. The molecule has 3 aromatic rings. The predicted molar refractivity (Wildman–Crippen MR) is 84.6 cm³/mol. The van der Waals surface area contributed by atoms with Crippen molar-refractivity contribution in [1.29, 1.82) is 0 Å². The topological polar surface area (TPSA) is 29.8 Å². The first kappa shape index (κ1) is 13.0. The van der Waals surface area contributed by atoms with Crippen molar-refractivity contribution in [2.24, 2.45) is 0 Å². The molecular formula is C16H17N3OS. The van der Waals surface area contributed by atoms with Crippen LogP contribution in [0.25, 0.3) is 16.2 Å². The average molecular weight is 299 g/mol. The summed E-state index contributed by atoms with van der Waals surface area (Å²) in [5, 5.41) is 2.21. The number of fused-ring (bicyclic) bond motifs is 1. The molecule has 0 bridgehead atoms. The highest BCUT2D eigenvalue weighted by atomic mass is 32.1. The molecule has 0 spiro atoms. The highest BCUT2D eigenvalue weighted by Gasteiger charge is 2.14.